The summed E-state index contributed by atoms with van der Waals surface area (Å²) < 4.78 is 13.3. The van der Waals surface area contributed by atoms with Gasteiger partial charge in [0.05, 0.1) is 22.0 Å². The lowest BCUT2D eigenvalue weighted by Crippen LogP contribution is -2.38. The predicted molar refractivity (Wildman–Crippen MR) is 95.6 cm³/mol. The minimum absolute atomic E-state index is 0.0282. The van der Waals surface area contributed by atoms with Gasteiger partial charge >= 0.3 is 0 Å². The van der Waals surface area contributed by atoms with Crippen LogP contribution < -0.4 is 5.73 Å². The second-order valence-electron chi connectivity index (χ2n) is 7.19. The van der Waals surface area contributed by atoms with Gasteiger partial charge in [0.1, 0.15) is 11.4 Å². The molecule has 134 valence electrons. The highest BCUT2D eigenvalue weighted by atomic mass is 35.5. The molecule has 0 aliphatic heterocycles. The van der Waals surface area contributed by atoms with Gasteiger partial charge in [-0.15, -0.1) is 0 Å². The first-order chi connectivity index (χ1) is 11.7. The number of benzene rings is 1. The summed E-state index contributed by atoms with van der Waals surface area (Å²) in [6.45, 7) is 3.26. The van der Waals surface area contributed by atoms with Crippen LogP contribution in [0.3, 0.4) is 0 Å². The Morgan fingerprint density at radius 2 is 1.84 bits per heavy atom. The Labute approximate surface area is 151 Å². The molecule has 4 nitrogen and oxygen atoms in total. The van der Waals surface area contributed by atoms with Gasteiger partial charge in [-0.25, -0.2) is 9.37 Å². The Balaban J connectivity index is 2.23. The fraction of sp³-hybridized carbons (Fsp3) is 0.421. The zero-order valence-corrected chi connectivity index (χ0v) is 15.0. The van der Waals surface area contributed by atoms with Crippen LogP contribution in [-0.4, -0.2) is 21.7 Å². The van der Waals surface area contributed by atoms with Crippen molar-refractivity contribution in [1.29, 1.82) is 0 Å². The molecular weight excluding hydrogens is 343 g/mol. The third kappa shape index (κ3) is 3.42. The van der Waals surface area contributed by atoms with Crippen LogP contribution in [0.5, 0.6) is 0 Å². The molecule has 0 saturated heterocycles. The average molecular weight is 365 g/mol. The van der Waals surface area contributed by atoms with Gasteiger partial charge in [-0.1, -0.05) is 11.6 Å². The summed E-state index contributed by atoms with van der Waals surface area (Å²) in [5.74, 6) is -0.322. The molecule has 1 aliphatic rings. The molecule has 1 atom stereocenters. The van der Waals surface area contributed by atoms with Crippen LogP contribution in [0.25, 0.3) is 11.3 Å². The third-order valence-corrected chi connectivity index (χ3v) is 5.12. The van der Waals surface area contributed by atoms with Crippen molar-refractivity contribution in [1.82, 2.24) is 4.98 Å². The molecule has 1 fully saturated rings. The number of rotatable bonds is 5. The molecule has 6 heteroatoms. The third-order valence-electron chi connectivity index (χ3n) is 4.74. The average Bonchev–Trinajstić information content (AvgIpc) is 3.39. The molecule has 1 aliphatic carbocycles. The van der Waals surface area contributed by atoms with Crippen molar-refractivity contribution in [2.45, 2.75) is 37.9 Å². The van der Waals surface area contributed by atoms with Crippen molar-refractivity contribution < 1.29 is 14.6 Å². The first kappa shape index (κ1) is 18.3. The van der Waals surface area contributed by atoms with E-state index in [1.807, 2.05) is 0 Å². The summed E-state index contributed by atoms with van der Waals surface area (Å²) in [4.78, 5) is 4.56. The van der Waals surface area contributed by atoms with Gasteiger partial charge in [-0.05, 0) is 62.9 Å². The molecule has 3 rings (SSSR count). The van der Waals surface area contributed by atoms with E-state index in [4.69, 9.17) is 17.3 Å². The molecule has 25 heavy (non-hydrogen) atoms. The van der Waals surface area contributed by atoms with Crippen molar-refractivity contribution in [2.24, 2.45) is 11.7 Å². The number of halogens is 2. The molecule has 0 spiro atoms. The Kier molecular flexibility index (Phi) is 4.62. The number of nitrogens with two attached hydrogens (primary N) is 1. The van der Waals surface area contributed by atoms with Crippen LogP contribution in [0, 0.1) is 11.7 Å². The highest BCUT2D eigenvalue weighted by molar-refractivity contribution is 6.34. The van der Waals surface area contributed by atoms with Gasteiger partial charge < -0.3 is 15.9 Å². The quantitative estimate of drug-likeness (QED) is 0.760. The van der Waals surface area contributed by atoms with Gasteiger partial charge in [-0.3, -0.25) is 0 Å². The van der Waals surface area contributed by atoms with E-state index in [0.717, 1.165) is 12.8 Å². The maximum atomic E-state index is 13.3. The molecule has 4 N–H and O–H groups in total. The lowest BCUT2D eigenvalue weighted by molar-refractivity contribution is 0.0172. The fourth-order valence-electron chi connectivity index (χ4n) is 3.04. The number of aliphatic hydroxyl groups is 2. The minimum Gasteiger partial charge on any atom is -0.386 e. The maximum Gasteiger partial charge on any atom is 0.123 e. The standard InChI is InChI=1S/C19H22ClFN2O2/c1-18(2,24)14-9-15(19(25,10-22)12-5-6-12)23-17(16(14)20)11-3-7-13(21)8-4-11/h3-4,7-9,12,24-25H,5-6,10,22H2,1-2H3. The largest absolute Gasteiger partial charge is 0.386 e. The highest BCUT2D eigenvalue weighted by Crippen LogP contribution is 2.46. The Bertz CT molecular complexity index is 785. The molecule has 0 bridgehead atoms. The topological polar surface area (TPSA) is 79.4 Å². The Morgan fingerprint density at radius 1 is 1.24 bits per heavy atom. The summed E-state index contributed by atoms with van der Waals surface area (Å²) in [6.07, 6.45) is 1.75. The van der Waals surface area contributed by atoms with Gasteiger partial charge in [0.25, 0.3) is 0 Å². The van der Waals surface area contributed by atoms with Crippen LogP contribution in [0.15, 0.2) is 30.3 Å². The van der Waals surface area contributed by atoms with Crippen molar-refractivity contribution >= 4 is 11.6 Å². The lowest BCUT2D eigenvalue weighted by Gasteiger charge is -2.29. The fourth-order valence-corrected chi connectivity index (χ4v) is 3.47. The van der Waals surface area contributed by atoms with Crippen LogP contribution >= 0.6 is 11.6 Å². The predicted octanol–water partition coefficient (Wildman–Crippen LogP) is 3.32. The van der Waals surface area contributed by atoms with E-state index in [2.05, 4.69) is 4.98 Å². The first-order valence-electron chi connectivity index (χ1n) is 8.29. The summed E-state index contributed by atoms with van der Waals surface area (Å²) >= 11 is 6.50. The monoisotopic (exact) mass is 364 g/mol. The van der Waals surface area contributed by atoms with Crippen LogP contribution in [0.2, 0.25) is 5.02 Å². The minimum atomic E-state index is -1.26. The molecule has 1 saturated carbocycles. The zero-order valence-electron chi connectivity index (χ0n) is 14.3. The van der Waals surface area contributed by atoms with Gasteiger partial charge in [0.2, 0.25) is 0 Å². The second-order valence-corrected chi connectivity index (χ2v) is 7.56. The van der Waals surface area contributed by atoms with Gasteiger partial charge in [-0.2, -0.15) is 0 Å². The van der Waals surface area contributed by atoms with E-state index >= 15 is 0 Å². The SMILES string of the molecule is CC(C)(O)c1cc(C(O)(CN)C2CC2)nc(-c2ccc(F)cc2)c1Cl. The second kappa shape index (κ2) is 6.32. The van der Waals surface area contributed by atoms with Crippen LogP contribution in [0.4, 0.5) is 4.39 Å². The molecule has 1 aromatic heterocycles. The Hall–Kier alpha value is -1.53. The normalized spacial score (nSPS) is 17.4. The number of hydrogen-bond acceptors (Lipinski definition) is 4. The molecule has 1 unspecified atom stereocenters. The number of aromatic nitrogens is 1. The van der Waals surface area contributed by atoms with E-state index in [0.29, 0.717) is 22.5 Å². The summed E-state index contributed by atoms with van der Waals surface area (Å²) in [6, 6.07) is 7.40. The Morgan fingerprint density at radius 3 is 2.32 bits per heavy atom. The van der Waals surface area contributed by atoms with Gasteiger partial charge in [0, 0.05) is 17.7 Å². The van der Waals surface area contributed by atoms with E-state index in [1.54, 1.807) is 32.0 Å². The smallest absolute Gasteiger partial charge is 0.123 e. The molecule has 0 amide bonds. The van der Waals surface area contributed by atoms with E-state index < -0.39 is 11.2 Å². The van der Waals surface area contributed by atoms with Gasteiger partial charge in [0.15, 0.2) is 0 Å². The number of nitrogens with zero attached hydrogens (tertiary/aromatic N) is 1. The van der Waals surface area contributed by atoms with Crippen molar-refractivity contribution in [3.8, 4) is 11.3 Å². The summed E-state index contributed by atoms with van der Waals surface area (Å²) in [7, 11) is 0. The lowest BCUT2D eigenvalue weighted by atomic mass is 9.88. The number of pyridine rings is 1. The van der Waals surface area contributed by atoms with Crippen LogP contribution in [0.1, 0.15) is 37.9 Å². The van der Waals surface area contributed by atoms with E-state index in [9.17, 15) is 14.6 Å². The van der Waals surface area contributed by atoms with Crippen molar-refractivity contribution in [2.75, 3.05) is 6.54 Å². The number of hydrogen-bond donors (Lipinski definition) is 3. The van der Waals surface area contributed by atoms with Crippen molar-refractivity contribution in [3.05, 3.63) is 52.4 Å². The van der Waals surface area contributed by atoms with Crippen LogP contribution in [-0.2, 0) is 11.2 Å². The molecule has 0 radical (unpaired) electrons. The highest BCUT2D eigenvalue weighted by Gasteiger charge is 2.46. The molecular formula is C19H22ClFN2O2. The van der Waals surface area contributed by atoms with Crippen molar-refractivity contribution in [3.63, 3.8) is 0 Å². The van der Waals surface area contributed by atoms with E-state index in [-0.39, 0.29) is 23.3 Å². The summed E-state index contributed by atoms with van der Waals surface area (Å²) in [5, 5.41) is 21.8. The zero-order chi connectivity index (χ0) is 18.4. The molecule has 1 aromatic carbocycles. The molecule has 2 aromatic rings. The van der Waals surface area contributed by atoms with E-state index in [1.165, 1.54) is 12.1 Å². The molecule has 1 heterocycles. The maximum absolute atomic E-state index is 13.3. The first-order valence-corrected chi connectivity index (χ1v) is 8.67. The summed E-state index contributed by atoms with van der Waals surface area (Å²) in [5.41, 5.74) is 5.19.